The van der Waals surface area contributed by atoms with Crippen molar-refractivity contribution in [2.24, 2.45) is 13.0 Å². The van der Waals surface area contributed by atoms with Crippen molar-refractivity contribution in [1.29, 1.82) is 0 Å². The SMILES string of the molecule is Cn1ncc(-c2nc(NC3CCC(NCCCOC(=O)NC4CCCCCCC4)CC3)ncc2Cl)c1CC1CC1. The molecule has 3 aliphatic carbocycles. The highest BCUT2D eigenvalue weighted by Crippen LogP contribution is 2.37. The van der Waals surface area contributed by atoms with Gasteiger partial charge in [0.2, 0.25) is 5.95 Å². The number of aromatic nitrogens is 4. The van der Waals surface area contributed by atoms with Crippen LogP contribution in [0.1, 0.15) is 95.6 Å². The van der Waals surface area contributed by atoms with Gasteiger partial charge >= 0.3 is 6.09 Å². The summed E-state index contributed by atoms with van der Waals surface area (Å²) in [5.41, 5.74) is 2.97. The van der Waals surface area contributed by atoms with Gasteiger partial charge in [0.25, 0.3) is 0 Å². The molecule has 3 aliphatic rings. The first kappa shape index (κ1) is 29.1. The fourth-order valence-electron chi connectivity index (χ4n) is 6.10. The van der Waals surface area contributed by atoms with Crippen LogP contribution in [0, 0.1) is 5.92 Å². The minimum Gasteiger partial charge on any atom is -0.450 e. The number of ether oxygens (including phenoxy) is 1. The molecule has 2 aromatic rings. The lowest BCUT2D eigenvalue weighted by atomic mass is 9.91. The zero-order chi connectivity index (χ0) is 27.7. The van der Waals surface area contributed by atoms with Crippen LogP contribution in [0.15, 0.2) is 12.4 Å². The van der Waals surface area contributed by atoms with E-state index in [-0.39, 0.29) is 12.1 Å². The van der Waals surface area contributed by atoms with E-state index < -0.39 is 0 Å². The number of aryl methyl sites for hydroxylation is 1. The highest BCUT2D eigenvalue weighted by atomic mass is 35.5. The molecule has 2 heterocycles. The van der Waals surface area contributed by atoms with Gasteiger partial charge in [0.05, 0.1) is 29.7 Å². The van der Waals surface area contributed by atoms with Gasteiger partial charge in [0.1, 0.15) is 0 Å². The Morgan fingerprint density at radius 1 is 0.975 bits per heavy atom. The Balaban J connectivity index is 0.998. The van der Waals surface area contributed by atoms with Crippen LogP contribution in [0.4, 0.5) is 10.7 Å². The minimum absolute atomic E-state index is 0.257. The molecular weight excluding hydrogens is 526 g/mol. The summed E-state index contributed by atoms with van der Waals surface area (Å²) in [5.74, 6) is 1.38. The third-order valence-electron chi connectivity index (χ3n) is 8.71. The van der Waals surface area contributed by atoms with E-state index >= 15 is 0 Å². The maximum Gasteiger partial charge on any atom is 0.407 e. The topological polar surface area (TPSA) is 106 Å². The maximum absolute atomic E-state index is 12.2. The molecule has 220 valence electrons. The summed E-state index contributed by atoms with van der Waals surface area (Å²) in [5, 5.41) is 15.3. The fraction of sp³-hybridized carbons (Fsp3) is 0.733. The van der Waals surface area contributed by atoms with Crippen molar-refractivity contribution in [3.63, 3.8) is 0 Å². The van der Waals surface area contributed by atoms with E-state index in [1.165, 1.54) is 50.6 Å². The maximum atomic E-state index is 12.2. The Hall–Kier alpha value is -2.39. The number of carbonyl (C=O) groups is 1. The smallest absolute Gasteiger partial charge is 0.407 e. The predicted octanol–water partition coefficient (Wildman–Crippen LogP) is 6.02. The zero-order valence-electron chi connectivity index (χ0n) is 24.0. The zero-order valence-corrected chi connectivity index (χ0v) is 24.7. The standard InChI is InChI=1S/C30H46ClN7O2/c1-38-27(18-21-10-11-21)25(19-34-38)28-26(31)20-33-29(37-28)35-24-14-12-22(13-15-24)32-16-7-17-40-30(39)36-23-8-5-3-2-4-6-9-23/h19-24,32H,2-18H2,1H3,(H,36,39)(H,33,35,37). The van der Waals surface area contributed by atoms with Gasteiger partial charge in [0, 0.05) is 36.4 Å². The molecule has 0 spiro atoms. The van der Waals surface area contributed by atoms with Crippen molar-refractivity contribution in [1.82, 2.24) is 30.4 Å². The molecule has 0 aliphatic heterocycles. The monoisotopic (exact) mass is 571 g/mol. The lowest BCUT2D eigenvalue weighted by molar-refractivity contribution is 0.138. The van der Waals surface area contributed by atoms with E-state index in [9.17, 15) is 4.79 Å². The van der Waals surface area contributed by atoms with Crippen molar-refractivity contribution < 1.29 is 9.53 Å². The molecule has 0 atom stereocenters. The van der Waals surface area contributed by atoms with Crippen molar-refractivity contribution in [2.75, 3.05) is 18.5 Å². The van der Waals surface area contributed by atoms with Crippen molar-refractivity contribution in [2.45, 2.75) is 114 Å². The van der Waals surface area contributed by atoms with Crippen LogP contribution in [0.3, 0.4) is 0 Å². The number of nitrogens with zero attached hydrogens (tertiary/aromatic N) is 4. The molecule has 2 aromatic heterocycles. The van der Waals surface area contributed by atoms with E-state index in [1.807, 2.05) is 17.9 Å². The molecule has 3 N–H and O–H groups in total. The Morgan fingerprint density at radius 2 is 1.70 bits per heavy atom. The number of hydrogen-bond acceptors (Lipinski definition) is 7. The van der Waals surface area contributed by atoms with E-state index in [0.29, 0.717) is 29.7 Å². The van der Waals surface area contributed by atoms with Gasteiger partial charge in [-0.15, -0.1) is 0 Å². The van der Waals surface area contributed by atoms with Crippen molar-refractivity contribution in [3.8, 4) is 11.3 Å². The van der Waals surface area contributed by atoms with E-state index in [1.54, 1.807) is 6.20 Å². The summed E-state index contributed by atoms with van der Waals surface area (Å²) in [6.07, 6.45) is 20.5. The summed E-state index contributed by atoms with van der Waals surface area (Å²) in [6, 6.07) is 1.11. The molecule has 10 heteroatoms. The number of nitrogens with one attached hydrogen (secondary N) is 3. The summed E-state index contributed by atoms with van der Waals surface area (Å²) in [6.45, 7) is 1.31. The Labute approximate surface area is 243 Å². The van der Waals surface area contributed by atoms with Crippen LogP contribution in [0.2, 0.25) is 5.02 Å². The number of halogens is 1. The average molecular weight is 572 g/mol. The number of hydrogen-bond donors (Lipinski definition) is 3. The predicted molar refractivity (Wildman–Crippen MR) is 159 cm³/mol. The second-order valence-electron chi connectivity index (χ2n) is 12.0. The lowest BCUT2D eigenvalue weighted by Gasteiger charge is -2.30. The van der Waals surface area contributed by atoms with Crippen LogP contribution in [0.5, 0.6) is 0 Å². The van der Waals surface area contributed by atoms with Crippen molar-refractivity contribution >= 4 is 23.6 Å². The molecule has 1 amide bonds. The molecule has 0 aromatic carbocycles. The molecule has 0 saturated heterocycles. The highest BCUT2D eigenvalue weighted by molar-refractivity contribution is 6.32. The van der Waals surface area contributed by atoms with Crippen LogP contribution in [0.25, 0.3) is 11.3 Å². The molecular formula is C30H46ClN7O2. The molecule has 9 nitrogen and oxygen atoms in total. The quantitative estimate of drug-likeness (QED) is 0.283. The van der Waals surface area contributed by atoms with Gasteiger partial charge in [-0.1, -0.05) is 43.7 Å². The Morgan fingerprint density at radius 3 is 2.45 bits per heavy atom. The van der Waals surface area contributed by atoms with Crippen LogP contribution in [-0.4, -0.2) is 57.1 Å². The molecule has 0 bridgehead atoms. The largest absolute Gasteiger partial charge is 0.450 e. The summed E-state index contributed by atoms with van der Waals surface area (Å²) >= 11 is 6.54. The number of rotatable bonds is 11. The first-order valence-corrected chi connectivity index (χ1v) is 15.9. The minimum atomic E-state index is -0.257. The van der Waals surface area contributed by atoms with E-state index in [4.69, 9.17) is 21.3 Å². The first-order valence-electron chi connectivity index (χ1n) is 15.5. The molecule has 5 rings (SSSR count). The third-order valence-corrected chi connectivity index (χ3v) is 8.99. The Kier molecular flexibility index (Phi) is 10.5. The average Bonchev–Trinajstić information content (AvgIpc) is 3.69. The fourth-order valence-corrected chi connectivity index (χ4v) is 6.29. The number of amides is 1. The summed E-state index contributed by atoms with van der Waals surface area (Å²) < 4.78 is 7.39. The van der Waals surface area contributed by atoms with Gasteiger partial charge in [-0.05, 0) is 76.7 Å². The molecule has 0 radical (unpaired) electrons. The number of anilines is 1. The van der Waals surface area contributed by atoms with E-state index in [0.717, 1.165) is 75.1 Å². The van der Waals surface area contributed by atoms with Gasteiger partial charge in [-0.2, -0.15) is 5.10 Å². The second-order valence-corrected chi connectivity index (χ2v) is 12.4. The van der Waals surface area contributed by atoms with E-state index in [2.05, 4.69) is 26.0 Å². The van der Waals surface area contributed by atoms with Gasteiger partial charge in [-0.3, -0.25) is 4.68 Å². The number of carbonyl (C=O) groups excluding carboxylic acids is 1. The van der Waals surface area contributed by atoms with Crippen LogP contribution >= 0.6 is 11.6 Å². The third kappa shape index (κ3) is 8.56. The molecule has 3 fully saturated rings. The highest BCUT2D eigenvalue weighted by Gasteiger charge is 2.27. The van der Waals surface area contributed by atoms with Crippen LogP contribution < -0.4 is 16.0 Å². The Bertz CT molecular complexity index is 1090. The lowest BCUT2D eigenvalue weighted by Crippen LogP contribution is -2.38. The van der Waals surface area contributed by atoms with Crippen LogP contribution in [-0.2, 0) is 18.2 Å². The summed E-state index contributed by atoms with van der Waals surface area (Å²) in [4.78, 5) is 21.5. The molecule has 40 heavy (non-hydrogen) atoms. The van der Waals surface area contributed by atoms with Crippen molar-refractivity contribution in [3.05, 3.63) is 23.1 Å². The molecule has 3 saturated carbocycles. The van der Waals surface area contributed by atoms with Gasteiger partial charge in [0.15, 0.2) is 0 Å². The second kappa shape index (κ2) is 14.5. The molecule has 0 unspecified atom stereocenters. The van der Waals surface area contributed by atoms with Gasteiger partial charge in [-0.25, -0.2) is 14.8 Å². The van der Waals surface area contributed by atoms with Gasteiger partial charge < -0.3 is 20.7 Å². The first-order chi connectivity index (χ1) is 19.5. The summed E-state index contributed by atoms with van der Waals surface area (Å²) in [7, 11) is 1.99. The normalized spacial score (nSPS) is 22.4. The number of alkyl carbamates (subject to hydrolysis) is 1.